The van der Waals surface area contributed by atoms with Crippen molar-refractivity contribution in [2.24, 2.45) is 11.8 Å². The second-order valence-corrected chi connectivity index (χ2v) is 4.54. The van der Waals surface area contributed by atoms with E-state index in [1.807, 2.05) is 0 Å². The lowest BCUT2D eigenvalue weighted by Gasteiger charge is -2.14. The third-order valence-corrected chi connectivity index (χ3v) is 3.22. The third kappa shape index (κ3) is 1.99. The first-order valence-corrected chi connectivity index (χ1v) is 5.28. The second-order valence-electron chi connectivity index (χ2n) is 4.54. The minimum absolute atomic E-state index is 0.824. The Kier molecular flexibility index (Phi) is 2.66. The van der Waals surface area contributed by atoms with Crippen LogP contribution in [-0.4, -0.2) is 25.7 Å². The molecule has 2 heterocycles. The molecule has 70 valence electrons. The first-order valence-electron chi connectivity index (χ1n) is 5.28. The van der Waals surface area contributed by atoms with Crippen LogP contribution in [0.15, 0.2) is 0 Å². The zero-order valence-corrected chi connectivity index (χ0v) is 7.97. The minimum atomic E-state index is 0.824. The molecule has 0 amide bonds. The monoisotopic (exact) mass is 168 g/mol. The van der Waals surface area contributed by atoms with Gasteiger partial charge in [0, 0.05) is 6.04 Å². The molecule has 0 aromatic rings. The third-order valence-electron chi connectivity index (χ3n) is 3.22. The van der Waals surface area contributed by atoms with Crippen LogP contribution in [0.5, 0.6) is 0 Å². The Balaban J connectivity index is 1.72. The molecule has 12 heavy (non-hydrogen) atoms. The average Bonchev–Trinajstić information content (AvgIpc) is 2.63. The van der Waals surface area contributed by atoms with Gasteiger partial charge < -0.3 is 10.6 Å². The first-order chi connectivity index (χ1) is 5.84. The summed E-state index contributed by atoms with van der Waals surface area (Å²) >= 11 is 0. The Morgan fingerprint density at radius 1 is 1.33 bits per heavy atom. The molecule has 2 aliphatic rings. The van der Waals surface area contributed by atoms with Gasteiger partial charge in [-0.05, 0) is 50.7 Å². The number of nitrogens with one attached hydrogen (secondary N) is 2. The summed E-state index contributed by atoms with van der Waals surface area (Å²) in [5.74, 6) is 1.86. The van der Waals surface area contributed by atoms with Gasteiger partial charge in [0.25, 0.3) is 0 Å². The van der Waals surface area contributed by atoms with Crippen molar-refractivity contribution in [3.05, 3.63) is 0 Å². The van der Waals surface area contributed by atoms with Gasteiger partial charge >= 0.3 is 0 Å². The zero-order valence-electron chi connectivity index (χ0n) is 7.97. The van der Waals surface area contributed by atoms with E-state index in [9.17, 15) is 0 Å². The molecule has 2 rings (SSSR count). The van der Waals surface area contributed by atoms with Crippen LogP contribution in [0.4, 0.5) is 0 Å². The summed E-state index contributed by atoms with van der Waals surface area (Å²) in [6.45, 7) is 6.09. The van der Waals surface area contributed by atoms with Crippen molar-refractivity contribution in [2.45, 2.75) is 32.2 Å². The van der Waals surface area contributed by atoms with Gasteiger partial charge in [-0.2, -0.15) is 0 Å². The summed E-state index contributed by atoms with van der Waals surface area (Å²) in [4.78, 5) is 0. The summed E-state index contributed by atoms with van der Waals surface area (Å²) < 4.78 is 0. The van der Waals surface area contributed by atoms with Gasteiger partial charge in [0.1, 0.15) is 0 Å². The number of rotatable bonds is 2. The smallest absolute Gasteiger partial charge is 0.00733 e. The summed E-state index contributed by atoms with van der Waals surface area (Å²) in [7, 11) is 0. The van der Waals surface area contributed by atoms with Crippen molar-refractivity contribution in [3.8, 4) is 0 Å². The van der Waals surface area contributed by atoms with Gasteiger partial charge in [0.2, 0.25) is 0 Å². The molecule has 2 fully saturated rings. The fourth-order valence-electron chi connectivity index (χ4n) is 2.52. The molecule has 2 nitrogen and oxygen atoms in total. The summed E-state index contributed by atoms with van der Waals surface area (Å²) in [6.07, 6.45) is 4.19. The minimum Gasteiger partial charge on any atom is -0.316 e. The van der Waals surface area contributed by atoms with Crippen LogP contribution >= 0.6 is 0 Å². The SMILES string of the molecule is CC1CNC(CC2CCNC2)C1. The Morgan fingerprint density at radius 3 is 2.83 bits per heavy atom. The molecule has 0 aliphatic carbocycles. The van der Waals surface area contributed by atoms with E-state index >= 15 is 0 Å². The summed E-state index contributed by atoms with van der Waals surface area (Å²) in [5, 5.41) is 7.04. The lowest BCUT2D eigenvalue weighted by molar-refractivity contribution is 0.431. The van der Waals surface area contributed by atoms with E-state index in [1.54, 1.807) is 0 Å². The van der Waals surface area contributed by atoms with E-state index < -0.39 is 0 Å². The quantitative estimate of drug-likeness (QED) is 0.642. The van der Waals surface area contributed by atoms with Gasteiger partial charge in [-0.3, -0.25) is 0 Å². The molecule has 2 saturated heterocycles. The number of hydrogen-bond donors (Lipinski definition) is 2. The average molecular weight is 168 g/mol. The van der Waals surface area contributed by atoms with Gasteiger partial charge in [-0.25, -0.2) is 0 Å². The molecule has 0 aromatic heterocycles. The van der Waals surface area contributed by atoms with Crippen LogP contribution < -0.4 is 10.6 Å². The van der Waals surface area contributed by atoms with Crippen LogP contribution in [0.3, 0.4) is 0 Å². The van der Waals surface area contributed by atoms with Crippen LogP contribution in [0.1, 0.15) is 26.2 Å². The van der Waals surface area contributed by atoms with Gasteiger partial charge in [0.15, 0.2) is 0 Å². The van der Waals surface area contributed by atoms with E-state index in [0.717, 1.165) is 17.9 Å². The van der Waals surface area contributed by atoms with Crippen LogP contribution in [0.25, 0.3) is 0 Å². The lowest BCUT2D eigenvalue weighted by Crippen LogP contribution is -2.25. The first kappa shape index (κ1) is 8.52. The standard InChI is InChI=1S/C10H20N2/c1-8-4-10(12-6-8)5-9-2-3-11-7-9/h8-12H,2-7H2,1H3. The van der Waals surface area contributed by atoms with E-state index in [4.69, 9.17) is 0 Å². The van der Waals surface area contributed by atoms with E-state index in [1.165, 1.54) is 38.9 Å². The topological polar surface area (TPSA) is 24.1 Å². The van der Waals surface area contributed by atoms with Crippen molar-refractivity contribution in [2.75, 3.05) is 19.6 Å². The fourth-order valence-corrected chi connectivity index (χ4v) is 2.52. The molecular weight excluding hydrogens is 148 g/mol. The molecular formula is C10H20N2. The van der Waals surface area contributed by atoms with Gasteiger partial charge in [-0.15, -0.1) is 0 Å². The molecule has 3 atom stereocenters. The Bertz CT molecular complexity index is 141. The van der Waals surface area contributed by atoms with Gasteiger partial charge in [-0.1, -0.05) is 6.92 Å². The largest absolute Gasteiger partial charge is 0.316 e. The van der Waals surface area contributed by atoms with Crippen LogP contribution in [0, 0.1) is 11.8 Å². The molecule has 2 N–H and O–H groups in total. The Hall–Kier alpha value is -0.0800. The molecule has 0 spiro atoms. The van der Waals surface area contributed by atoms with E-state index in [-0.39, 0.29) is 0 Å². The highest BCUT2D eigenvalue weighted by Gasteiger charge is 2.24. The van der Waals surface area contributed by atoms with Crippen LogP contribution in [-0.2, 0) is 0 Å². The lowest BCUT2D eigenvalue weighted by atomic mass is 9.96. The number of hydrogen-bond acceptors (Lipinski definition) is 2. The molecule has 0 saturated carbocycles. The summed E-state index contributed by atoms with van der Waals surface area (Å²) in [5.41, 5.74) is 0. The molecule has 0 radical (unpaired) electrons. The normalized spacial score (nSPS) is 42.2. The van der Waals surface area contributed by atoms with E-state index in [0.29, 0.717) is 0 Å². The zero-order chi connectivity index (χ0) is 8.39. The van der Waals surface area contributed by atoms with Crippen molar-refractivity contribution in [3.63, 3.8) is 0 Å². The fraction of sp³-hybridized carbons (Fsp3) is 1.00. The van der Waals surface area contributed by atoms with Crippen LogP contribution in [0.2, 0.25) is 0 Å². The molecule has 2 heteroatoms. The highest BCUT2D eigenvalue weighted by Crippen LogP contribution is 2.22. The van der Waals surface area contributed by atoms with Crippen molar-refractivity contribution in [1.29, 1.82) is 0 Å². The molecule has 2 aliphatic heterocycles. The van der Waals surface area contributed by atoms with E-state index in [2.05, 4.69) is 17.6 Å². The van der Waals surface area contributed by atoms with Crippen molar-refractivity contribution in [1.82, 2.24) is 10.6 Å². The predicted octanol–water partition coefficient (Wildman–Crippen LogP) is 0.984. The van der Waals surface area contributed by atoms with Crippen molar-refractivity contribution >= 4 is 0 Å². The highest BCUT2D eigenvalue weighted by molar-refractivity contribution is 4.83. The predicted molar refractivity (Wildman–Crippen MR) is 51.2 cm³/mol. The molecule has 3 unspecified atom stereocenters. The maximum absolute atomic E-state index is 3.61. The Morgan fingerprint density at radius 2 is 2.25 bits per heavy atom. The summed E-state index contributed by atoms with van der Waals surface area (Å²) in [6, 6.07) is 0.824. The maximum atomic E-state index is 3.61. The molecule has 0 bridgehead atoms. The molecule has 0 aromatic carbocycles. The maximum Gasteiger partial charge on any atom is 0.00733 e. The highest BCUT2D eigenvalue weighted by atomic mass is 15.0. The Labute approximate surface area is 75.1 Å². The van der Waals surface area contributed by atoms with Crippen molar-refractivity contribution < 1.29 is 0 Å². The van der Waals surface area contributed by atoms with Gasteiger partial charge in [0.05, 0.1) is 0 Å². The second kappa shape index (κ2) is 3.75.